The van der Waals surface area contributed by atoms with Crippen molar-refractivity contribution >= 4 is 12.1 Å². The van der Waals surface area contributed by atoms with Crippen LogP contribution in [0.5, 0.6) is 0 Å². The summed E-state index contributed by atoms with van der Waals surface area (Å²) in [6.45, 7) is -0.998. The first kappa shape index (κ1) is 17.9. The van der Waals surface area contributed by atoms with Crippen LogP contribution < -0.4 is 0 Å². The third-order valence-electron chi connectivity index (χ3n) is 4.48. The van der Waals surface area contributed by atoms with Gasteiger partial charge >= 0.3 is 12.1 Å². The molecular weight excluding hydrogens is 337 g/mol. The number of rotatable bonds is 7. The molecule has 0 saturated carbocycles. The first-order chi connectivity index (χ1) is 12.6. The Kier molecular flexibility index (Phi) is 5.51. The summed E-state index contributed by atoms with van der Waals surface area (Å²) in [4.78, 5) is 24.2. The van der Waals surface area contributed by atoms with Crippen LogP contribution in [0.25, 0.3) is 11.1 Å². The minimum atomic E-state index is -1.16. The second kappa shape index (κ2) is 7.99. The fourth-order valence-corrected chi connectivity index (χ4v) is 3.33. The smallest absolute Gasteiger partial charge is 0.410 e. The Balaban J connectivity index is 1.74. The number of ether oxygens (including phenoxy) is 1. The SMILES string of the molecule is O=C(O)CN(CCCF)C(=O)OCC1c2ccccc2-c2ccccc21. The zero-order valence-electron chi connectivity index (χ0n) is 14.2. The Bertz CT molecular complexity index is 762. The minimum Gasteiger partial charge on any atom is -0.480 e. The first-order valence-electron chi connectivity index (χ1n) is 8.49. The molecule has 0 bridgehead atoms. The summed E-state index contributed by atoms with van der Waals surface area (Å²) in [6, 6.07) is 15.9. The number of carbonyl (C=O) groups excluding carboxylic acids is 1. The molecule has 26 heavy (non-hydrogen) atoms. The van der Waals surface area contributed by atoms with Crippen molar-refractivity contribution < 1.29 is 23.8 Å². The number of carbonyl (C=O) groups is 2. The van der Waals surface area contributed by atoms with Gasteiger partial charge in [0, 0.05) is 12.5 Å². The third-order valence-corrected chi connectivity index (χ3v) is 4.48. The molecule has 3 rings (SSSR count). The van der Waals surface area contributed by atoms with E-state index in [2.05, 4.69) is 0 Å². The minimum absolute atomic E-state index is 0.0134. The molecule has 5 nitrogen and oxygen atoms in total. The second-order valence-electron chi connectivity index (χ2n) is 6.16. The summed E-state index contributed by atoms with van der Waals surface area (Å²) < 4.78 is 17.8. The molecule has 0 fully saturated rings. The molecule has 1 amide bonds. The normalized spacial score (nSPS) is 12.3. The number of carboxylic acid groups (broad SMARTS) is 1. The predicted molar refractivity (Wildman–Crippen MR) is 94.9 cm³/mol. The van der Waals surface area contributed by atoms with Gasteiger partial charge in [0.15, 0.2) is 0 Å². The molecule has 1 aliphatic carbocycles. The molecule has 136 valence electrons. The van der Waals surface area contributed by atoms with E-state index in [9.17, 15) is 14.0 Å². The number of nitrogens with zero attached hydrogens (tertiary/aromatic N) is 1. The number of alkyl halides is 1. The Hall–Kier alpha value is -2.89. The van der Waals surface area contributed by atoms with E-state index in [-0.39, 0.29) is 25.5 Å². The summed E-state index contributed by atoms with van der Waals surface area (Å²) in [5.74, 6) is -1.25. The highest BCUT2D eigenvalue weighted by Gasteiger charge is 2.29. The lowest BCUT2D eigenvalue weighted by Gasteiger charge is -2.21. The van der Waals surface area contributed by atoms with Gasteiger partial charge in [-0.05, 0) is 28.7 Å². The van der Waals surface area contributed by atoms with E-state index in [1.165, 1.54) is 0 Å². The van der Waals surface area contributed by atoms with E-state index in [1.807, 2.05) is 48.5 Å². The van der Waals surface area contributed by atoms with Crippen LogP contribution in [0, 0.1) is 0 Å². The van der Waals surface area contributed by atoms with Crippen LogP contribution in [-0.2, 0) is 9.53 Å². The highest BCUT2D eigenvalue weighted by atomic mass is 19.1. The van der Waals surface area contributed by atoms with Gasteiger partial charge in [-0.3, -0.25) is 14.1 Å². The van der Waals surface area contributed by atoms with Crippen molar-refractivity contribution in [2.24, 2.45) is 0 Å². The summed E-state index contributed by atoms with van der Waals surface area (Å²) in [6.07, 6.45) is -0.653. The van der Waals surface area contributed by atoms with Crippen LogP contribution in [0.15, 0.2) is 48.5 Å². The number of carboxylic acids is 1. The maximum Gasteiger partial charge on any atom is 0.410 e. The Morgan fingerprint density at radius 2 is 1.62 bits per heavy atom. The lowest BCUT2D eigenvalue weighted by molar-refractivity contribution is -0.138. The van der Waals surface area contributed by atoms with E-state index in [0.29, 0.717) is 0 Å². The summed E-state index contributed by atoms with van der Waals surface area (Å²) in [7, 11) is 0. The van der Waals surface area contributed by atoms with Crippen molar-refractivity contribution in [2.45, 2.75) is 12.3 Å². The lowest BCUT2D eigenvalue weighted by Crippen LogP contribution is -2.37. The third kappa shape index (κ3) is 3.69. The van der Waals surface area contributed by atoms with Crippen LogP contribution >= 0.6 is 0 Å². The van der Waals surface area contributed by atoms with E-state index in [4.69, 9.17) is 9.84 Å². The summed E-state index contributed by atoms with van der Waals surface area (Å²) in [5, 5.41) is 8.93. The molecule has 2 aromatic carbocycles. The monoisotopic (exact) mass is 357 g/mol. The van der Waals surface area contributed by atoms with Crippen molar-refractivity contribution in [3.63, 3.8) is 0 Å². The molecule has 1 aliphatic rings. The summed E-state index contributed by atoms with van der Waals surface area (Å²) >= 11 is 0. The van der Waals surface area contributed by atoms with Crippen LogP contribution in [0.2, 0.25) is 0 Å². The van der Waals surface area contributed by atoms with Crippen molar-refractivity contribution in [3.8, 4) is 11.1 Å². The van der Waals surface area contributed by atoms with E-state index in [1.54, 1.807) is 0 Å². The van der Waals surface area contributed by atoms with E-state index in [0.717, 1.165) is 27.2 Å². The number of hydrogen-bond donors (Lipinski definition) is 1. The zero-order chi connectivity index (χ0) is 18.5. The highest BCUT2D eigenvalue weighted by Crippen LogP contribution is 2.44. The number of benzene rings is 2. The topological polar surface area (TPSA) is 66.8 Å². The van der Waals surface area contributed by atoms with Gasteiger partial charge in [0.2, 0.25) is 0 Å². The largest absolute Gasteiger partial charge is 0.480 e. The molecule has 0 aliphatic heterocycles. The average molecular weight is 357 g/mol. The summed E-state index contributed by atoms with van der Waals surface area (Å²) in [5.41, 5.74) is 4.39. The molecule has 6 heteroatoms. The van der Waals surface area contributed by atoms with Gasteiger partial charge < -0.3 is 9.84 Å². The number of aliphatic carboxylic acids is 1. The van der Waals surface area contributed by atoms with Gasteiger partial charge in [-0.1, -0.05) is 48.5 Å². The van der Waals surface area contributed by atoms with Crippen LogP contribution in [0.4, 0.5) is 9.18 Å². The van der Waals surface area contributed by atoms with Gasteiger partial charge in [-0.15, -0.1) is 0 Å². The maximum atomic E-state index is 12.4. The Morgan fingerprint density at radius 3 is 2.15 bits per heavy atom. The van der Waals surface area contributed by atoms with Crippen LogP contribution in [0.1, 0.15) is 23.5 Å². The second-order valence-corrected chi connectivity index (χ2v) is 6.16. The number of fused-ring (bicyclic) bond motifs is 3. The molecule has 0 spiro atoms. The van der Waals surface area contributed by atoms with Gasteiger partial charge in [0.25, 0.3) is 0 Å². The molecule has 0 radical (unpaired) electrons. The molecular formula is C20H20FNO4. The molecule has 2 aromatic rings. The molecule has 0 heterocycles. The number of hydrogen-bond acceptors (Lipinski definition) is 3. The standard InChI is InChI=1S/C20H20FNO4/c21-10-5-11-22(12-19(23)24)20(25)26-13-18-16-8-3-1-6-14(16)15-7-2-4-9-17(15)18/h1-4,6-9,18H,5,10-13H2,(H,23,24). The quantitative estimate of drug-likeness (QED) is 0.821. The molecule has 0 aromatic heterocycles. The van der Waals surface area contributed by atoms with Crippen LogP contribution in [0.3, 0.4) is 0 Å². The Morgan fingerprint density at radius 1 is 1.04 bits per heavy atom. The van der Waals surface area contributed by atoms with Gasteiger partial charge in [-0.2, -0.15) is 0 Å². The predicted octanol–water partition coefficient (Wildman–Crippen LogP) is 3.68. The Labute approximate surface area is 151 Å². The molecule has 0 atom stereocenters. The molecule has 1 N–H and O–H groups in total. The van der Waals surface area contributed by atoms with Crippen LogP contribution in [-0.4, -0.2) is 48.4 Å². The number of amides is 1. The van der Waals surface area contributed by atoms with Gasteiger partial charge in [0.05, 0.1) is 6.67 Å². The zero-order valence-corrected chi connectivity index (χ0v) is 14.2. The van der Waals surface area contributed by atoms with Gasteiger partial charge in [-0.25, -0.2) is 4.79 Å². The number of halogens is 1. The molecule has 0 unspecified atom stereocenters. The molecule has 0 saturated heterocycles. The van der Waals surface area contributed by atoms with E-state index < -0.39 is 25.3 Å². The average Bonchev–Trinajstić information content (AvgIpc) is 2.97. The highest BCUT2D eigenvalue weighted by molar-refractivity contribution is 5.79. The van der Waals surface area contributed by atoms with Crippen molar-refractivity contribution in [2.75, 3.05) is 26.4 Å². The van der Waals surface area contributed by atoms with Gasteiger partial charge in [0.1, 0.15) is 13.2 Å². The first-order valence-corrected chi connectivity index (χ1v) is 8.49. The maximum absolute atomic E-state index is 12.4. The lowest BCUT2D eigenvalue weighted by atomic mass is 9.98. The fourth-order valence-electron chi connectivity index (χ4n) is 3.33. The van der Waals surface area contributed by atoms with Crippen molar-refractivity contribution in [3.05, 3.63) is 59.7 Å². The van der Waals surface area contributed by atoms with Crippen molar-refractivity contribution in [1.29, 1.82) is 0 Å². The fraction of sp³-hybridized carbons (Fsp3) is 0.300. The van der Waals surface area contributed by atoms with E-state index >= 15 is 0 Å². The van der Waals surface area contributed by atoms with Crippen molar-refractivity contribution in [1.82, 2.24) is 4.90 Å².